The highest BCUT2D eigenvalue weighted by Crippen LogP contribution is 2.27. The average Bonchev–Trinajstić information content (AvgIpc) is 3.06. The lowest BCUT2D eigenvalue weighted by Crippen LogP contribution is -1.86. The second-order valence-corrected chi connectivity index (χ2v) is 6.54. The van der Waals surface area contributed by atoms with E-state index < -0.39 is 0 Å². The molecule has 5 heteroatoms. The highest BCUT2D eigenvalue weighted by Gasteiger charge is 2.12. The maximum Gasteiger partial charge on any atom is 0.194 e. The molecule has 0 bridgehead atoms. The number of aromatic nitrogens is 2. The minimum Gasteiger partial charge on any atom is -0.290 e. The highest BCUT2D eigenvalue weighted by molar-refractivity contribution is 8.13. The molecule has 0 aliphatic heterocycles. The predicted molar refractivity (Wildman–Crippen MR) is 90.7 cm³/mol. The molecule has 0 amide bonds. The van der Waals surface area contributed by atoms with Crippen molar-refractivity contribution in [1.82, 2.24) is 9.38 Å². The fourth-order valence-corrected chi connectivity index (χ4v) is 3.24. The van der Waals surface area contributed by atoms with E-state index in [4.69, 9.17) is 4.98 Å². The van der Waals surface area contributed by atoms with E-state index in [1.807, 2.05) is 41.9 Å². The van der Waals surface area contributed by atoms with Crippen LogP contribution in [0.5, 0.6) is 0 Å². The van der Waals surface area contributed by atoms with E-state index in [9.17, 15) is 4.79 Å². The lowest BCUT2D eigenvalue weighted by atomic mass is 10.1. The number of hydrogen-bond acceptors (Lipinski definition) is 4. The molecule has 0 aliphatic rings. The van der Waals surface area contributed by atoms with Crippen molar-refractivity contribution in [3.63, 3.8) is 0 Å². The molecule has 0 saturated heterocycles. The molecule has 21 heavy (non-hydrogen) atoms. The van der Waals surface area contributed by atoms with Crippen LogP contribution in [0.2, 0.25) is 0 Å². The van der Waals surface area contributed by atoms with Crippen LogP contribution < -0.4 is 0 Å². The van der Waals surface area contributed by atoms with E-state index in [1.54, 1.807) is 18.3 Å². The Labute approximate surface area is 131 Å². The molecule has 1 aromatic carbocycles. The van der Waals surface area contributed by atoms with Crippen LogP contribution in [0, 0.1) is 0 Å². The van der Waals surface area contributed by atoms with Crippen LogP contribution in [-0.2, 0) is 4.79 Å². The van der Waals surface area contributed by atoms with Crippen LogP contribution in [0.15, 0.2) is 48.0 Å². The zero-order chi connectivity index (χ0) is 14.7. The Balaban J connectivity index is 1.98. The van der Waals surface area contributed by atoms with Crippen LogP contribution in [0.3, 0.4) is 0 Å². The zero-order valence-electron chi connectivity index (χ0n) is 11.5. The number of thiazole rings is 1. The number of hydrogen-bond donors (Lipinski definition) is 0. The Kier molecular flexibility index (Phi) is 4.22. The molecule has 0 spiro atoms. The van der Waals surface area contributed by atoms with Gasteiger partial charge in [0.25, 0.3) is 0 Å². The summed E-state index contributed by atoms with van der Waals surface area (Å²) in [6.07, 6.45) is 6.09. The Hall–Kier alpha value is -1.85. The van der Waals surface area contributed by atoms with Gasteiger partial charge in [0.2, 0.25) is 0 Å². The number of thioether (sulfide) groups is 1. The topological polar surface area (TPSA) is 34.4 Å². The van der Waals surface area contributed by atoms with Crippen molar-refractivity contribution in [2.24, 2.45) is 0 Å². The molecule has 3 rings (SSSR count). The summed E-state index contributed by atoms with van der Waals surface area (Å²) in [5.74, 6) is 0.681. The minimum absolute atomic E-state index is 0.136. The van der Waals surface area contributed by atoms with Crippen molar-refractivity contribution < 1.29 is 4.79 Å². The molecule has 0 unspecified atom stereocenters. The Morgan fingerprint density at radius 1 is 1.38 bits per heavy atom. The van der Waals surface area contributed by atoms with Gasteiger partial charge >= 0.3 is 0 Å². The molecule has 0 radical (unpaired) electrons. The first-order valence-corrected chi connectivity index (χ1v) is 8.43. The van der Waals surface area contributed by atoms with E-state index in [0.29, 0.717) is 5.75 Å². The van der Waals surface area contributed by atoms with Gasteiger partial charge in [-0.15, -0.1) is 11.3 Å². The number of rotatable bonds is 4. The molecular formula is C16H14N2OS2. The third kappa shape index (κ3) is 3.09. The van der Waals surface area contributed by atoms with E-state index in [0.717, 1.165) is 21.9 Å². The summed E-state index contributed by atoms with van der Waals surface area (Å²) in [5, 5.41) is 2.16. The minimum atomic E-state index is 0.136. The fraction of sp³-hybridized carbons (Fsp3) is 0.125. The molecule has 0 atom stereocenters. The maximum atomic E-state index is 11.0. The van der Waals surface area contributed by atoms with Crippen molar-refractivity contribution in [2.75, 3.05) is 5.75 Å². The summed E-state index contributed by atoms with van der Waals surface area (Å²) >= 11 is 2.93. The smallest absolute Gasteiger partial charge is 0.194 e. The number of benzene rings is 1. The third-order valence-corrected chi connectivity index (χ3v) is 4.53. The molecule has 106 valence electrons. The van der Waals surface area contributed by atoms with Crippen molar-refractivity contribution >= 4 is 39.3 Å². The van der Waals surface area contributed by atoms with Gasteiger partial charge in [0, 0.05) is 29.8 Å². The number of carbonyl (C=O) groups excluding carboxylic acids is 1. The molecule has 3 aromatic rings. The van der Waals surface area contributed by atoms with E-state index in [1.165, 1.54) is 11.8 Å². The predicted octanol–water partition coefficient (Wildman–Crippen LogP) is 4.36. The van der Waals surface area contributed by atoms with E-state index >= 15 is 0 Å². The average molecular weight is 314 g/mol. The first-order chi connectivity index (χ1) is 10.3. The molecule has 0 aliphatic carbocycles. The van der Waals surface area contributed by atoms with Gasteiger partial charge in [-0.2, -0.15) is 0 Å². The normalized spacial score (nSPS) is 11.5. The van der Waals surface area contributed by atoms with Gasteiger partial charge in [-0.3, -0.25) is 9.20 Å². The molecule has 0 saturated carbocycles. The zero-order valence-corrected chi connectivity index (χ0v) is 13.2. The van der Waals surface area contributed by atoms with Crippen LogP contribution >= 0.6 is 23.1 Å². The summed E-state index contributed by atoms with van der Waals surface area (Å²) in [7, 11) is 0. The quantitative estimate of drug-likeness (QED) is 0.718. The van der Waals surface area contributed by atoms with Crippen molar-refractivity contribution in [2.45, 2.75) is 6.92 Å². The number of nitrogens with zero attached hydrogens (tertiary/aromatic N) is 2. The number of imidazole rings is 1. The Morgan fingerprint density at radius 2 is 2.19 bits per heavy atom. The Bertz CT molecular complexity index is 787. The summed E-state index contributed by atoms with van der Waals surface area (Å²) in [5.41, 5.74) is 3.14. The summed E-state index contributed by atoms with van der Waals surface area (Å²) in [4.78, 5) is 16.7. The largest absolute Gasteiger partial charge is 0.290 e. The van der Waals surface area contributed by atoms with Gasteiger partial charge in [0.05, 0.1) is 11.4 Å². The van der Waals surface area contributed by atoms with Crippen LogP contribution in [0.25, 0.3) is 22.3 Å². The standard InChI is InChI=1S/C16H14N2OS2/c1-12(19)20-10-5-8-14-15(13-6-3-2-4-7-13)17-16-18(14)9-11-21-16/h2-9,11H,10H2,1H3. The van der Waals surface area contributed by atoms with E-state index in [-0.39, 0.29) is 5.12 Å². The molecule has 2 aromatic heterocycles. The molecular weight excluding hydrogens is 300 g/mol. The second-order valence-electron chi connectivity index (χ2n) is 4.47. The van der Waals surface area contributed by atoms with Crippen LogP contribution in [-0.4, -0.2) is 20.3 Å². The summed E-state index contributed by atoms with van der Waals surface area (Å²) in [6, 6.07) is 10.2. The molecule has 0 fully saturated rings. The van der Waals surface area contributed by atoms with Gasteiger partial charge in [-0.25, -0.2) is 4.98 Å². The van der Waals surface area contributed by atoms with Gasteiger partial charge in [-0.1, -0.05) is 48.2 Å². The second kappa shape index (κ2) is 6.28. The third-order valence-electron chi connectivity index (χ3n) is 3.00. The van der Waals surface area contributed by atoms with Crippen LogP contribution in [0.4, 0.5) is 0 Å². The molecule has 2 heterocycles. The Morgan fingerprint density at radius 3 is 2.95 bits per heavy atom. The summed E-state index contributed by atoms with van der Waals surface area (Å²) < 4.78 is 2.09. The number of carbonyl (C=O) groups is 1. The summed E-state index contributed by atoms with van der Waals surface area (Å²) in [6.45, 7) is 1.59. The monoisotopic (exact) mass is 314 g/mol. The first kappa shape index (κ1) is 14.1. The van der Waals surface area contributed by atoms with Gasteiger partial charge < -0.3 is 0 Å². The number of fused-ring (bicyclic) bond motifs is 1. The lowest BCUT2D eigenvalue weighted by Gasteiger charge is -1.99. The van der Waals surface area contributed by atoms with E-state index in [2.05, 4.69) is 16.5 Å². The van der Waals surface area contributed by atoms with Crippen molar-refractivity contribution in [1.29, 1.82) is 0 Å². The van der Waals surface area contributed by atoms with Crippen molar-refractivity contribution in [3.8, 4) is 11.3 Å². The maximum absolute atomic E-state index is 11.0. The SMILES string of the molecule is CC(=O)SCC=Cc1c(-c2ccccc2)nc2sccn12. The lowest BCUT2D eigenvalue weighted by molar-refractivity contribution is -0.109. The molecule has 0 N–H and O–H groups in total. The van der Waals surface area contributed by atoms with Crippen molar-refractivity contribution in [3.05, 3.63) is 53.7 Å². The van der Waals surface area contributed by atoms with Gasteiger partial charge in [0.15, 0.2) is 10.1 Å². The van der Waals surface area contributed by atoms with Crippen LogP contribution in [0.1, 0.15) is 12.6 Å². The van der Waals surface area contributed by atoms with Gasteiger partial charge in [-0.05, 0) is 6.08 Å². The highest BCUT2D eigenvalue weighted by atomic mass is 32.2. The molecule has 3 nitrogen and oxygen atoms in total. The first-order valence-electron chi connectivity index (χ1n) is 6.56. The fourth-order valence-electron chi connectivity index (χ4n) is 2.10. The van der Waals surface area contributed by atoms with Gasteiger partial charge in [0.1, 0.15) is 0 Å².